The summed E-state index contributed by atoms with van der Waals surface area (Å²) in [6.45, 7) is 0.754. The van der Waals surface area contributed by atoms with Crippen LogP contribution >= 0.6 is 0 Å². The summed E-state index contributed by atoms with van der Waals surface area (Å²) in [5, 5.41) is 10.4. The van der Waals surface area contributed by atoms with E-state index in [0.29, 0.717) is 0 Å². The highest BCUT2D eigenvalue weighted by molar-refractivity contribution is 5.89. The second-order valence-corrected chi connectivity index (χ2v) is 7.75. The van der Waals surface area contributed by atoms with Crippen molar-refractivity contribution in [2.75, 3.05) is 7.05 Å². The molecule has 2 heterocycles. The van der Waals surface area contributed by atoms with Gasteiger partial charge in [0.05, 0.1) is 6.42 Å². The second-order valence-electron chi connectivity index (χ2n) is 7.75. The molecule has 1 aromatic heterocycles. The van der Waals surface area contributed by atoms with E-state index in [1.165, 1.54) is 12.8 Å². The Morgan fingerprint density at radius 3 is 2.65 bits per heavy atom. The van der Waals surface area contributed by atoms with Gasteiger partial charge in [0.1, 0.15) is 0 Å². The molecule has 138 valence electrons. The number of aromatic nitrogens is 1. The normalized spacial score (nSPS) is 20.3. The predicted octanol–water partition coefficient (Wildman–Crippen LogP) is 3.23. The summed E-state index contributed by atoms with van der Waals surface area (Å²) >= 11 is 0. The van der Waals surface area contributed by atoms with Crippen molar-refractivity contribution in [1.82, 2.24) is 9.47 Å². The maximum absolute atomic E-state index is 12.8. The number of likely N-dealkylation sites (N-methyl/N-ethyl adjacent to an activating group) is 1. The van der Waals surface area contributed by atoms with Gasteiger partial charge in [-0.3, -0.25) is 9.59 Å². The summed E-state index contributed by atoms with van der Waals surface area (Å²) in [4.78, 5) is 26.1. The van der Waals surface area contributed by atoms with Gasteiger partial charge in [-0.25, -0.2) is 0 Å². The first-order chi connectivity index (χ1) is 12.6. The zero-order chi connectivity index (χ0) is 18.3. The number of hydrogen-bond acceptors (Lipinski definition) is 2. The average Bonchev–Trinajstić information content (AvgIpc) is 3.28. The number of carbonyl (C=O) groups is 2. The summed E-state index contributed by atoms with van der Waals surface area (Å²) in [5.74, 6) is -0.302. The van der Waals surface area contributed by atoms with Gasteiger partial charge in [0, 0.05) is 42.1 Å². The third kappa shape index (κ3) is 2.89. The lowest BCUT2D eigenvalue weighted by molar-refractivity contribution is -0.137. The number of benzene rings is 1. The van der Waals surface area contributed by atoms with Gasteiger partial charge in [0.2, 0.25) is 5.91 Å². The summed E-state index contributed by atoms with van der Waals surface area (Å²) < 4.78 is 2.25. The number of carboxylic acid groups (broad SMARTS) is 1. The third-order valence-corrected chi connectivity index (χ3v) is 6.23. The molecule has 1 amide bonds. The van der Waals surface area contributed by atoms with Crippen LogP contribution in [0.3, 0.4) is 0 Å². The number of amides is 1. The largest absolute Gasteiger partial charge is 0.481 e. The molecular formula is C21H26N2O3. The minimum atomic E-state index is -0.792. The number of nitrogens with zero attached hydrogens (tertiary/aromatic N) is 2. The predicted molar refractivity (Wildman–Crippen MR) is 100 cm³/mol. The van der Waals surface area contributed by atoms with E-state index in [0.717, 1.165) is 54.4 Å². The van der Waals surface area contributed by atoms with Gasteiger partial charge in [-0.2, -0.15) is 0 Å². The highest BCUT2D eigenvalue weighted by Crippen LogP contribution is 2.33. The highest BCUT2D eigenvalue weighted by atomic mass is 16.4. The van der Waals surface area contributed by atoms with Crippen molar-refractivity contribution in [3.8, 4) is 0 Å². The van der Waals surface area contributed by atoms with E-state index in [2.05, 4.69) is 10.6 Å². The van der Waals surface area contributed by atoms with E-state index in [1.807, 2.05) is 30.1 Å². The smallest absolute Gasteiger partial charge is 0.307 e. The molecule has 2 aromatic rings. The first-order valence-electron chi connectivity index (χ1n) is 9.63. The summed E-state index contributed by atoms with van der Waals surface area (Å²) in [5.41, 5.74) is 3.16. The van der Waals surface area contributed by atoms with Crippen molar-refractivity contribution < 1.29 is 14.7 Å². The lowest BCUT2D eigenvalue weighted by Gasteiger charge is -2.34. The maximum atomic E-state index is 12.8. The number of hydrogen-bond donors (Lipinski definition) is 1. The number of fused-ring (bicyclic) bond motifs is 3. The SMILES string of the molecule is CN(C(=O)C1CCCC1)C1CCc2c(CC(=O)O)c3ccccc3n2C1. The average molecular weight is 354 g/mol. The Balaban J connectivity index is 1.64. The zero-order valence-corrected chi connectivity index (χ0v) is 15.3. The molecule has 1 N–H and O–H groups in total. The first-order valence-corrected chi connectivity index (χ1v) is 9.63. The Labute approximate surface area is 153 Å². The number of carboxylic acids is 1. The van der Waals surface area contributed by atoms with Gasteiger partial charge in [-0.1, -0.05) is 31.0 Å². The van der Waals surface area contributed by atoms with Crippen LogP contribution in [0, 0.1) is 5.92 Å². The molecule has 0 bridgehead atoms. The molecule has 1 fully saturated rings. The van der Waals surface area contributed by atoms with Gasteiger partial charge < -0.3 is 14.6 Å². The number of carbonyl (C=O) groups excluding carboxylic acids is 1. The van der Waals surface area contributed by atoms with Crippen molar-refractivity contribution in [3.05, 3.63) is 35.5 Å². The van der Waals surface area contributed by atoms with Gasteiger partial charge >= 0.3 is 5.97 Å². The number of para-hydroxylation sites is 1. The number of aliphatic carboxylic acids is 1. The molecule has 26 heavy (non-hydrogen) atoms. The van der Waals surface area contributed by atoms with Crippen LogP contribution in [-0.2, 0) is 29.0 Å². The standard InChI is InChI=1S/C21H26N2O3/c1-22(21(26)14-6-2-3-7-14)15-10-11-19-17(12-20(24)25)16-8-4-5-9-18(16)23(19)13-15/h4-5,8-9,14-15H,2-3,6-7,10-13H2,1H3,(H,24,25). The molecule has 1 unspecified atom stereocenters. The molecule has 5 heteroatoms. The van der Waals surface area contributed by atoms with Crippen LogP contribution < -0.4 is 0 Å². The van der Waals surface area contributed by atoms with Crippen LogP contribution in [0.15, 0.2) is 24.3 Å². The van der Waals surface area contributed by atoms with Crippen LogP contribution in [-0.4, -0.2) is 39.5 Å². The molecule has 0 radical (unpaired) electrons. The lowest BCUT2D eigenvalue weighted by Crippen LogP contribution is -2.44. The quantitative estimate of drug-likeness (QED) is 0.917. The van der Waals surface area contributed by atoms with Crippen molar-refractivity contribution in [2.45, 2.75) is 57.5 Å². The van der Waals surface area contributed by atoms with Gasteiger partial charge in [0.25, 0.3) is 0 Å². The van der Waals surface area contributed by atoms with Crippen LogP contribution in [0.1, 0.15) is 43.4 Å². The van der Waals surface area contributed by atoms with Crippen molar-refractivity contribution >= 4 is 22.8 Å². The minimum absolute atomic E-state index is 0.0599. The molecule has 2 aliphatic rings. The van der Waals surface area contributed by atoms with Gasteiger partial charge in [-0.05, 0) is 37.3 Å². The van der Waals surface area contributed by atoms with Gasteiger partial charge in [0.15, 0.2) is 0 Å². The molecule has 1 aliphatic carbocycles. The maximum Gasteiger partial charge on any atom is 0.307 e. The van der Waals surface area contributed by atoms with E-state index >= 15 is 0 Å². The Bertz CT molecular complexity index is 848. The van der Waals surface area contributed by atoms with Crippen LogP contribution in [0.2, 0.25) is 0 Å². The second kappa shape index (κ2) is 6.78. The summed E-state index contributed by atoms with van der Waals surface area (Å²) in [6, 6.07) is 8.22. The molecule has 0 spiro atoms. The van der Waals surface area contributed by atoms with Crippen molar-refractivity contribution in [1.29, 1.82) is 0 Å². The fraction of sp³-hybridized carbons (Fsp3) is 0.524. The highest BCUT2D eigenvalue weighted by Gasteiger charge is 2.32. The molecule has 1 aliphatic heterocycles. The summed E-state index contributed by atoms with van der Waals surface area (Å²) in [7, 11) is 1.94. The Morgan fingerprint density at radius 2 is 1.92 bits per heavy atom. The van der Waals surface area contributed by atoms with E-state index < -0.39 is 5.97 Å². The van der Waals surface area contributed by atoms with Crippen LogP contribution in [0.5, 0.6) is 0 Å². The molecular weight excluding hydrogens is 328 g/mol. The fourth-order valence-corrected chi connectivity index (χ4v) is 4.83. The Morgan fingerprint density at radius 1 is 1.19 bits per heavy atom. The summed E-state index contributed by atoms with van der Waals surface area (Å²) in [6.07, 6.45) is 6.17. The van der Waals surface area contributed by atoms with Gasteiger partial charge in [-0.15, -0.1) is 0 Å². The molecule has 4 rings (SSSR count). The molecule has 1 saturated carbocycles. The van der Waals surface area contributed by atoms with E-state index in [4.69, 9.17) is 0 Å². The van der Waals surface area contributed by atoms with Crippen LogP contribution in [0.4, 0.5) is 0 Å². The zero-order valence-electron chi connectivity index (χ0n) is 15.3. The van der Waals surface area contributed by atoms with Crippen molar-refractivity contribution in [2.24, 2.45) is 5.92 Å². The van der Waals surface area contributed by atoms with Crippen molar-refractivity contribution in [3.63, 3.8) is 0 Å². The van der Waals surface area contributed by atoms with E-state index in [-0.39, 0.29) is 24.3 Å². The van der Waals surface area contributed by atoms with E-state index in [1.54, 1.807) is 0 Å². The Hall–Kier alpha value is -2.30. The topological polar surface area (TPSA) is 62.5 Å². The molecule has 1 aromatic carbocycles. The fourth-order valence-electron chi connectivity index (χ4n) is 4.83. The van der Waals surface area contributed by atoms with Crippen LogP contribution in [0.25, 0.3) is 10.9 Å². The first kappa shape index (κ1) is 17.1. The molecule has 1 atom stereocenters. The lowest BCUT2D eigenvalue weighted by atomic mass is 9.98. The Kier molecular flexibility index (Phi) is 4.47. The third-order valence-electron chi connectivity index (χ3n) is 6.23. The number of rotatable bonds is 4. The van der Waals surface area contributed by atoms with E-state index in [9.17, 15) is 14.7 Å². The molecule has 5 nitrogen and oxygen atoms in total. The minimum Gasteiger partial charge on any atom is -0.481 e. The molecule has 0 saturated heterocycles. The monoisotopic (exact) mass is 354 g/mol.